The van der Waals surface area contributed by atoms with Crippen LogP contribution in [0.2, 0.25) is 5.02 Å². The van der Waals surface area contributed by atoms with E-state index in [2.05, 4.69) is 32.2 Å². The molecule has 18 heavy (non-hydrogen) atoms. The van der Waals surface area contributed by atoms with E-state index in [1.807, 2.05) is 6.07 Å². The summed E-state index contributed by atoms with van der Waals surface area (Å²) in [5, 5.41) is 4.44. The molecule has 3 heteroatoms. The van der Waals surface area contributed by atoms with Gasteiger partial charge in [0.05, 0.1) is 7.11 Å². The first-order valence-electron chi connectivity index (χ1n) is 6.61. The third-order valence-corrected chi connectivity index (χ3v) is 4.04. The maximum atomic E-state index is 6.43. The molecule has 2 rings (SSSR count). The average molecular weight is 268 g/mol. The van der Waals surface area contributed by atoms with E-state index in [4.69, 9.17) is 16.3 Å². The Bertz CT molecular complexity index is 442. The third-order valence-electron chi connectivity index (χ3n) is 3.74. The van der Waals surface area contributed by atoms with Crippen LogP contribution >= 0.6 is 11.6 Å². The van der Waals surface area contributed by atoms with Crippen molar-refractivity contribution in [1.82, 2.24) is 5.32 Å². The van der Waals surface area contributed by atoms with Crippen molar-refractivity contribution >= 4 is 11.6 Å². The zero-order valence-electron chi connectivity index (χ0n) is 11.6. The van der Waals surface area contributed by atoms with Crippen molar-refractivity contribution in [2.75, 3.05) is 13.7 Å². The molecule has 0 heterocycles. The minimum atomic E-state index is 0.129. The highest BCUT2D eigenvalue weighted by molar-refractivity contribution is 6.31. The molecule has 1 atom stereocenters. The number of fused-ring (bicyclic) bond motifs is 1. The summed E-state index contributed by atoms with van der Waals surface area (Å²) >= 11 is 6.43. The second-order valence-corrected chi connectivity index (χ2v) is 6.08. The molecule has 0 spiro atoms. The van der Waals surface area contributed by atoms with Gasteiger partial charge in [0.15, 0.2) is 0 Å². The molecule has 0 fully saturated rings. The Balaban J connectivity index is 2.43. The second-order valence-electron chi connectivity index (χ2n) is 5.67. The van der Waals surface area contributed by atoms with Gasteiger partial charge in [-0.05, 0) is 48.1 Å². The first kappa shape index (κ1) is 13.7. The van der Waals surface area contributed by atoms with Crippen molar-refractivity contribution in [3.8, 4) is 5.75 Å². The number of hydrogen-bond donors (Lipinski definition) is 1. The molecule has 0 saturated heterocycles. The van der Waals surface area contributed by atoms with E-state index < -0.39 is 0 Å². The molecule has 2 nitrogen and oxygen atoms in total. The summed E-state index contributed by atoms with van der Waals surface area (Å²) < 4.78 is 5.33. The average Bonchev–Trinajstić information content (AvgIpc) is 2.58. The van der Waals surface area contributed by atoms with Crippen molar-refractivity contribution in [3.63, 3.8) is 0 Å². The zero-order chi connectivity index (χ0) is 13.3. The van der Waals surface area contributed by atoms with Gasteiger partial charge in [0.2, 0.25) is 0 Å². The van der Waals surface area contributed by atoms with Crippen molar-refractivity contribution in [2.24, 2.45) is 0 Å². The Hall–Kier alpha value is -0.730. The highest BCUT2D eigenvalue weighted by Gasteiger charge is 2.38. The van der Waals surface area contributed by atoms with Gasteiger partial charge in [0.25, 0.3) is 0 Å². The molecule has 0 aliphatic heterocycles. The maximum Gasteiger partial charge on any atom is 0.120 e. The largest absolute Gasteiger partial charge is 0.497 e. The Morgan fingerprint density at radius 2 is 2.17 bits per heavy atom. The van der Waals surface area contributed by atoms with Crippen LogP contribution in [0.25, 0.3) is 0 Å². The molecule has 1 aliphatic carbocycles. The van der Waals surface area contributed by atoms with E-state index >= 15 is 0 Å². The summed E-state index contributed by atoms with van der Waals surface area (Å²) in [6, 6.07) is 4.44. The quantitative estimate of drug-likeness (QED) is 0.888. The van der Waals surface area contributed by atoms with Crippen molar-refractivity contribution in [3.05, 3.63) is 28.3 Å². The van der Waals surface area contributed by atoms with Gasteiger partial charge >= 0.3 is 0 Å². The fourth-order valence-electron chi connectivity index (χ4n) is 2.93. The second kappa shape index (κ2) is 5.10. The minimum absolute atomic E-state index is 0.129. The van der Waals surface area contributed by atoms with Crippen LogP contribution in [0, 0.1) is 0 Å². The van der Waals surface area contributed by atoms with E-state index in [1.165, 1.54) is 11.1 Å². The number of benzene rings is 1. The minimum Gasteiger partial charge on any atom is -0.497 e. The van der Waals surface area contributed by atoms with Crippen LogP contribution in [0.15, 0.2) is 12.1 Å². The number of nitrogens with one attached hydrogen (secondary N) is 1. The Kier molecular flexibility index (Phi) is 3.88. The van der Waals surface area contributed by atoms with E-state index in [0.717, 1.165) is 30.2 Å². The van der Waals surface area contributed by atoms with E-state index in [1.54, 1.807) is 7.11 Å². The summed E-state index contributed by atoms with van der Waals surface area (Å²) in [6.45, 7) is 7.75. The molecular formula is C15H22ClNO. The Labute approximate surface area is 115 Å². The molecule has 1 aromatic carbocycles. The lowest BCUT2D eigenvalue weighted by molar-refractivity contribution is 0.412. The molecule has 1 aliphatic rings. The number of hydrogen-bond acceptors (Lipinski definition) is 2. The maximum absolute atomic E-state index is 6.43. The zero-order valence-corrected chi connectivity index (χ0v) is 12.4. The predicted octanol–water partition coefficient (Wildman–Crippen LogP) is 4.07. The van der Waals surface area contributed by atoms with Gasteiger partial charge in [-0.3, -0.25) is 0 Å². The normalized spacial score (nSPS) is 20.8. The van der Waals surface area contributed by atoms with Crippen LogP contribution in [0.3, 0.4) is 0 Å². The molecular weight excluding hydrogens is 246 g/mol. The van der Waals surface area contributed by atoms with Crippen molar-refractivity contribution < 1.29 is 4.74 Å². The SMILES string of the molecule is CCCNC1CC(C)(C)c2c(Cl)cc(OC)cc21. The van der Waals surface area contributed by atoms with Gasteiger partial charge in [-0.25, -0.2) is 0 Å². The first-order chi connectivity index (χ1) is 8.49. The fourth-order valence-corrected chi connectivity index (χ4v) is 3.40. The topological polar surface area (TPSA) is 21.3 Å². The first-order valence-corrected chi connectivity index (χ1v) is 6.98. The highest BCUT2D eigenvalue weighted by Crippen LogP contribution is 2.49. The summed E-state index contributed by atoms with van der Waals surface area (Å²) in [4.78, 5) is 0. The lowest BCUT2D eigenvalue weighted by Gasteiger charge is -2.20. The molecule has 0 amide bonds. The van der Waals surface area contributed by atoms with Crippen LogP contribution in [-0.2, 0) is 5.41 Å². The van der Waals surface area contributed by atoms with Gasteiger partial charge < -0.3 is 10.1 Å². The highest BCUT2D eigenvalue weighted by atomic mass is 35.5. The monoisotopic (exact) mass is 267 g/mol. The summed E-state index contributed by atoms with van der Waals surface area (Å²) in [6.07, 6.45) is 2.24. The van der Waals surface area contributed by atoms with Crippen LogP contribution in [0.5, 0.6) is 5.75 Å². The summed E-state index contributed by atoms with van der Waals surface area (Å²) in [7, 11) is 1.69. The van der Waals surface area contributed by atoms with Crippen molar-refractivity contribution in [1.29, 1.82) is 0 Å². The van der Waals surface area contributed by atoms with Gasteiger partial charge in [-0.2, -0.15) is 0 Å². The fraction of sp³-hybridized carbons (Fsp3) is 0.600. The smallest absolute Gasteiger partial charge is 0.120 e. The molecule has 100 valence electrons. The lowest BCUT2D eigenvalue weighted by Crippen LogP contribution is -2.22. The van der Waals surface area contributed by atoms with E-state index in [0.29, 0.717) is 6.04 Å². The standard InChI is InChI=1S/C15H22ClNO/c1-5-6-17-13-9-15(2,3)14-11(13)7-10(18-4)8-12(14)16/h7-8,13,17H,5-6,9H2,1-4H3. The Morgan fingerprint density at radius 3 is 2.78 bits per heavy atom. The number of halogens is 1. The molecule has 0 aromatic heterocycles. The Morgan fingerprint density at radius 1 is 1.44 bits per heavy atom. The lowest BCUT2D eigenvalue weighted by atomic mass is 9.86. The van der Waals surface area contributed by atoms with Crippen LogP contribution in [0.4, 0.5) is 0 Å². The van der Waals surface area contributed by atoms with Gasteiger partial charge in [0.1, 0.15) is 5.75 Å². The summed E-state index contributed by atoms with van der Waals surface area (Å²) in [5.74, 6) is 0.847. The summed E-state index contributed by atoms with van der Waals surface area (Å²) in [5.41, 5.74) is 2.71. The number of rotatable bonds is 4. The van der Waals surface area contributed by atoms with Crippen LogP contribution in [0.1, 0.15) is 50.8 Å². The number of ether oxygens (including phenoxy) is 1. The molecule has 0 bridgehead atoms. The van der Waals surface area contributed by atoms with Gasteiger partial charge in [-0.1, -0.05) is 32.4 Å². The van der Waals surface area contributed by atoms with Crippen molar-refractivity contribution in [2.45, 2.75) is 45.1 Å². The molecule has 1 aromatic rings. The van der Waals surface area contributed by atoms with E-state index in [9.17, 15) is 0 Å². The van der Waals surface area contributed by atoms with E-state index in [-0.39, 0.29) is 5.41 Å². The predicted molar refractivity (Wildman–Crippen MR) is 76.7 cm³/mol. The van der Waals surface area contributed by atoms with Gasteiger partial charge in [-0.15, -0.1) is 0 Å². The molecule has 0 radical (unpaired) electrons. The number of methoxy groups -OCH3 is 1. The van der Waals surface area contributed by atoms with Crippen LogP contribution in [-0.4, -0.2) is 13.7 Å². The third kappa shape index (κ3) is 2.36. The molecule has 1 unspecified atom stereocenters. The molecule has 1 N–H and O–H groups in total. The van der Waals surface area contributed by atoms with Crippen LogP contribution < -0.4 is 10.1 Å². The molecule has 0 saturated carbocycles. The van der Waals surface area contributed by atoms with Gasteiger partial charge in [0, 0.05) is 11.1 Å².